The Balaban J connectivity index is 2.36. The molecule has 0 fully saturated rings. The highest BCUT2D eigenvalue weighted by atomic mass is 32.2. The standard InChI is InChI=1S/C9H14N4O3S/c1-3-17-9-11-8(12-13-9)10-6(14)4-5-7(15)16-2/h3-5H2,1-2H3,(H2,10,11,12,13,14). The average Bonchev–Trinajstić information content (AvgIpc) is 2.74. The molecule has 0 aliphatic rings. The van der Waals surface area contributed by atoms with Crippen molar-refractivity contribution in [2.75, 3.05) is 18.2 Å². The van der Waals surface area contributed by atoms with E-state index in [1.54, 1.807) is 0 Å². The van der Waals surface area contributed by atoms with Gasteiger partial charge in [0.05, 0.1) is 13.5 Å². The fourth-order valence-electron chi connectivity index (χ4n) is 1.01. The van der Waals surface area contributed by atoms with E-state index in [4.69, 9.17) is 0 Å². The first kappa shape index (κ1) is 13.5. The van der Waals surface area contributed by atoms with Crippen molar-refractivity contribution in [3.8, 4) is 0 Å². The second kappa shape index (κ2) is 6.89. The number of aromatic nitrogens is 3. The van der Waals surface area contributed by atoms with E-state index in [1.807, 2.05) is 6.92 Å². The van der Waals surface area contributed by atoms with Crippen molar-refractivity contribution in [2.45, 2.75) is 24.9 Å². The lowest BCUT2D eigenvalue weighted by molar-refractivity contribution is -0.141. The lowest BCUT2D eigenvalue weighted by Gasteiger charge is -2.00. The molecule has 0 unspecified atom stereocenters. The first-order chi connectivity index (χ1) is 8.15. The normalized spacial score (nSPS) is 10.0. The van der Waals surface area contributed by atoms with Gasteiger partial charge in [0.2, 0.25) is 17.0 Å². The number of amides is 1. The first-order valence-electron chi connectivity index (χ1n) is 5.07. The summed E-state index contributed by atoms with van der Waals surface area (Å²) >= 11 is 1.47. The molecule has 0 spiro atoms. The summed E-state index contributed by atoms with van der Waals surface area (Å²) in [5, 5.41) is 9.57. The number of aromatic amines is 1. The number of carbonyl (C=O) groups excluding carboxylic acids is 2. The number of nitrogens with zero attached hydrogens (tertiary/aromatic N) is 2. The molecule has 2 N–H and O–H groups in total. The third-order valence-electron chi connectivity index (χ3n) is 1.78. The monoisotopic (exact) mass is 258 g/mol. The average molecular weight is 258 g/mol. The van der Waals surface area contributed by atoms with Gasteiger partial charge in [0.1, 0.15) is 0 Å². The van der Waals surface area contributed by atoms with Crippen LogP contribution in [0.15, 0.2) is 5.16 Å². The maximum atomic E-state index is 11.4. The van der Waals surface area contributed by atoms with Crippen LogP contribution in [0.5, 0.6) is 0 Å². The fraction of sp³-hybridized carbons (Fsp3) is 0.556. The Labute approximate surface area is 103 Å². The lowest BCUT2D eigenvalue weighted by Crippen LogP contribution is -2.14. The quantitative estimate of drug-likeness (QED) is 0.579. The maximum Gasteiger partial charge on any atom is 0.306 e. The molecule has 0 aliphatic heterocycles. The van der Waals surface area contributed by atoms with Gasteiger partial charge in [-0.1, -0.05) is 18.7 Å². The molecular weight excluding hydrogens is 244 g/mol. The van der Waals surface area contributed by atoms with E-state index in [0.29, 0.717) is 5.16 Å². The molecule has 1 aromatic rings. The largest absolute Gasteiger partial charge is 0.469 e. The van der Waals surface area contributed by atoms with Gasteiger partial charge >= 0.3 is 5.97 Å². The molecule has 94 valence electrons. The van der Waals surface area contributed by atoms with Crippen LogP contribution in [-0.4, -0.2) is 39.9 Å². The Hall–Kier alpha value is -1.57. The van der Waals surface area contributed by atoms with Gasteiger partial charge in [-0.05, 0) is 5.75 Å². The van der Waals surface area contributed by atoms with Gasteiger partial charge in [0, 0.05) is 6.42 Å². The number of rotatable bonds is 6. The highest BCUT2D eigenvalue weighted by Crippen LogP contribution is 2.12. The summed E-state index contributed by atoms with van der Waals surface area (Å²) in [6, 6.07) is 0. The van der Waals surface area contributed by atoms with Crippen LogP contribution in [0.1, 0.15) is 19.8 Å². The van der Waals surface area contributed by atoms with Gasteiger partial charge < -0.3 is 4.74 Å². The zero-order valence-electron chi connectivity index (χ0n) is 9.65. The molecule has 7 nitrogen and oxygen atoms in total. The fourth-order valence-corrected chi connectivity index (χ4v) is 1.53. The van der Waals surface area contributed by atoms with Crippen molar-refractivity contribution < 1.29 is 14.3 Å². The first-order valence-corrected chi connectivity index (χ1v) is 6.06. The summed E-state index contributed by atoms with van der Waals surface area (Å²) in [6.07, 6.45) is 0.108. The van der Waals surface area contributed by atoms with Crippen LogP contribution in [0.4, 0.5) is 5.95 Å². The Morgan fingerprint density at radius 3 is 2.88 bits per heavy atom. The van der Waals surface area contributed by atoms with Gasteiger partial charge in [-0.15, -0.1) is 5.10 Å². The number of hydrogen-bond acceptors (Lipinski definition) is 6. The number of anilines is 1. The molecule has 0 aromatic carbocycles. The molecule has 1 amide bonds. The Bertz CT molecular complexity index is 393. The number of H-pyrrole nitrogens is 1. The molecule has 17 heavy (non-hydrogen) atoms. The number of carbonyl (C=O) groups is 2. The van der Waals surface area contributed by atoms with Gasteiger partial charge in [-0.3, -0.25) is 14.9 Å². The number of hydrogen-bond donors (Lipinski definition) is 2. The van der Waals surface area contributed by atoms with E-state index in [0.717, 1.165) is 5.75 Å². The highest BCUT2D eigenvalue weighted by Gasteiger charge is 2.09. The highest BCUT2D eigenvalue weighted by molar-refractivity contribution is 7.99. The number of nitrogens with one attached hydrogen (secondary N) is 2. The van der Waals surface area contributed by atoms with Gasteiger partial charge in [-0.25, -0.2) is 5.10 Å². The SMILES string of the molecule is CCSc1n[nH]c(NC(=O)CCC(=O)OC)n1. The maximum absolute atomic E-state index is 11.4. The molecule has 0 bridgehead atoms. The van der Waals surface area contributed by atoms with Gasteiger partial charge in [0.25, 0.3) is 0 Å². The minimum atomic E-state index is -0.417. The van der Waals surface area contributed by atoms with Crippen molar-refractivity contribution in [1.82, 2.24) is 15.2 Å². The van der Waals surface area contributed by atoms with Crippen molar-refractivity contribution in [1.29, 1.82) is 0 Å². The molecule has 0 atom stereocenters. The lowest BCUT2D eigenvalue weighted by atomic mass is 10.3. The van der Waals surface area contributed by atoms with Crippen LogP contribution in [0.3, 0.4) is 0 Å². The van der Waals surface area contributed by atoms with E-state index in [2.05, 4.69) is 25.2 Å². The van der Waals surface area contributed by atoms with Crippen molar-refractivity contribution in [3.63, 3.8) is 0 Å². The second-order valence-corrected chi connectivity index (χ2v) is 4.26. The van der Waals surface area contributed by atoms with Crippen LogP contribution in [0, 0.1) is 0 Å². The predicted octanol–water partition coefficient (Wildman–Crippen LogP) is 0.808. The summed E-state index contributed by atoms with van der Waals surface area (Å²) in [5.41, 5.74) is 0. The van der Waals surface area contributed by atoms with Gasteiger partial charge in [-0.2, -0.15) is 4.98 Å². The smallest absolute Gasteiger partial charge is 0.306 e. The summed E-state index contributed by atoms with van der Waals surface area (Å²) in [5.74, 6) is 0.420. The van der Waals surface area contributed by atoms with Crippen molar-refractivity contribution in [3.05, 3.63) is 0 Å². The molecule has 0 radical (unpaired) electrons. The Kier molecular flexibility index (Phi) is 5.47. The molecule has 8 heteroatoms. The van der Waals surface area contributed by atoms with E-state index in [1.165, 1.54) is 18.9 Å². The van der Waals surface area contributed by atoms with Gasteiger partial charge in [0.15, 0.2) is 0 Å². The summed E-state index contributed by atoms with van der Waals surface area (Å²) in [7, 11) is 1.28. The van der Waals surface area contributed by atoms with Crippen molar-refractivity contribution >= 4 is 29.6 Å². The van der Waals surface area contributed by atoms with Crippen molar-refractivity contribution in [2.24, 2.45) is 0 Å². The number of methoxy groups -OCH3 is 1. The number of ether oxygens (including phenoxy) is 1. The molecular formula is C9H14N4O3S. The summed E-state index contributed by atoms with van der Waals surface area (Å²) in [4.78, 5) is 26.2. The minimum Gasteiger partial charge on any atom is -0.469 e. The second-order valence-electron chi connectivity index (χ2n) is 3.02. The topological polar surface area (TPSA) is 97.0 Å². The number of thioether (sulfide) groups is 1. The Morgan fingerprint density at radius 1 is 1.47 bits per heavy atom. The molecule has 1 heterocycles. The third kappa shape index (κ3) is 4.85. The molecule has 0 saturated heterocycles. The predicted molar refractivity (Wildman–Crippen MR) is 62.7 cm³/mol. The van der Waals surface area contributed by atoms with E-state index < -0.39 is 5.97 Å². The number of esters is 1. The summed E-state index contributed by atoms with van der Waals surface area (Å²) in [6.45, 7) is 1.98. The van der Waals surface area contributed by atoms with Crippen LogP contribution in [0.2, 0.25) is 0 Å². The van der Waals surface area contributed by atoms with E-state index >= 15 is 0 Å². The molecule has 1 rings (SSSR count). The van der Waals surface area contributed by atoms with Crippen LogP contribution in [0.25, 0.3) is 0 Å². The minimum absolute atomic E-state index is 0.0486. The molecule has 1 aromatic heterocycles. The third-order valence-corrected chi connectivity index (χ3v) is 2.51. The van der Waals surface area contributed by atoms with Crippen LogP contribution >= 0.6 is 11.8 Å². The zero-order valence-corrected chi connectivity index (χ0v) is 10.5. The summed E-state index contributed by atoms with van der Waals surface area (Å²) < 4.78 is 4.43. The van der Waals surface area contributed by atoms with Crippen LogP contribution < -0.4 is 5.32 Å². The van der Waals surface area contributed by atoms with Crippen LogP contribution in [-0.2, 0) is 14.3 Å². The molecule has 0 saturated carbocycles. The van der Waals surface area contributed by atoms with E-state index in [9.17, 15) is 9.59 Å². The molecule has 0 aliphatic carbocycles. The van der Waals surface area contributed by atoms with E-state index in [-0.39, 0.29) is 24.7 Å². The zero-order chi connectivity index (χ0) is 12.7. The Morgan fingerprint density at radius 2 is 2.24 bits per heavy atom.